The summed E-state index contributed by atoms with van der Waals surface area (Å²) in [6.45, 7) is 1.87. The number of guanidine groups is 1. The van der Waals surface area contributed by atoms with Crippen LogP contribution in [0.25, 0.3) is 10.9 Å². The highest BCUT2D eigenvalue weighted by atomic mass is 16.2. The lowest BCUT2D eigenvalue weighted by molar-refractivity contribution is -0.150. The standard InChI is InChI=1S/C48H59N11O7/c1-29(60)54-38(24-30-12-3-2-4-13-30)43(62)56-37-19-10-21-51-42(61)36(18-9-22-52-48(49)50)55-44(63)39(25-33-27-53-35-17-8-7-16-34(33)35)57-45(64)41-26-31-14-5-6-15-32(31)28-59(41)47(66)40-20-11-23-58(40)46(37)65/h2-8,12-17,27,36-41,53H,9-11,18-26,28H2,1H3,(H,51,61)(H,54,60)(H,55,63)(H,56,62)(H,57,64)(H4,49,50,52)/t36-,37-,38-,39-,40-,41+/m0/s1. The highest BCUT2D eigenvalue weighted by Crippen LogP contribution is 2.29. The fourth-order valence-electron chi connectivity index (χ4n) is 9.19. The van der Waals surface area contributed by atoms with Crippen LogP contribution in [0.3, 0.4) is 0 Å². The molecule has 3 aromatic carbocycles. The number of aromatic nitrogens is 1. The van der Waals surface area contributed by atoms with Crippen molar-refractivity contribution in [2.45, 2.75) is 108 Å². The summed E-state index contributed by atoms with van der Waals surface area (Å²) in [6.07, 6.45) is 3.74. The molecule has 7 amide bonds. The summed E-state index contributed by atoms with van der Waals surface area (Å²) < 4.78 is 0. The first-order valence-corrected chi connectivity index (χ1v) is 22.6. The molecule has 7 rings (SSSR count). The number of hydrogen-bond donors (Lipinski definition) is 8. The number of fused-ring (bicyclic) bond motifs is 4. The first-order chi connectivity index (χ1) is 31.9. The largest absolute Gasteiger partial charge is 0.370 e. The maximum absolute atomic E-state index is 15.0. The molecule has 18 heteroatoms. The molecular weight excluding hydrogens is 843 g/mol. The molecule has 3 aliphatic rings. The van der Waals surface area contributed by atoms with Crippen LogP contribution in [0.2, 0.25) is 0 Å². The SMILES string of the molecule is CC(=O)N[C@@H](Cc1ccccc1)C(=O)N[C@H]1CCCNC(=O)[C@H](CCCN=C(N)N)NC(=O)[C@H](Cc2c[nH]c3ccccc23)NC(=O)[C@H]2Cc3ccccc3CN2C(=O)[C@@H]2CCCN2C1=O. The third kappa shape index (κ3) is 11.5. The van der Waals surface area contributed by atoms with E-state index in [2.05, 4.69) is 36.6 Å². The number of nitrogens with two attached hydrogens (primary N) is 2. The summed E-state index contributed by atoms with van der Waals surface area (Å²) in [5.41, 5.74) is 15.2. The fourth-order valence-corrected chi connectivity index (χ4v) is 9.19. The van der Waals surface area contributed by atoms with Gasteiger partial charge in [-0.2, -0.15) is 0 Å². The predicted molar refractivity (Wildman–Crippen MR) is 247 cm³/mol. The molecule has 18 nitrogen and oxygen atoms in total. The van der Waals surface area contributed by atoms with Gasteiger partial charge in [0.05, 0.1) is 0 Å². The molecule has 0 aliphatic carbocycles. The second-order valence-corrected chi connectivity index (χ2v) is 17.2. The van der Waals surface area contributed by atoms with Crippen LogP contribution in [0, 0.1) is 0 Å². The van der Waals surface area contributed by atoms with Crippen LogP contribution in [0.15, 0.2) is 90.1 Å². The molecule has 3 aliphatic heterocycles. The van der Waals surface area contributed by atoms with E-state index in [1.54, 1.807) is 6.20 Å². The molecule has 2 fully saturated rings. The average molecular weight is 902 g/mol. The summed E-state index contributed by atoms with van der Waals surface area (Å²) in [6, 6.07) is 17.9. The van der Waals surface area contributed by atoms with Crippen molar-refractivity contribution >= 4 is 58.2 Å². The molecule has 0 saturated carbocycles. The summed E-state index contributed by atoms with van der Waals surface area (Å²) in [7, 11) is 0. The lowest BCUT2D eigenvalue weighted by Gasteiger charge is -2.40. The maximum atomic E-state index is 15.0. The van der Waals surface area contributed by atoms with Gasteiger partial charge in [0.25, 0.3) is 0 Å². The number of hydrogen-bond acceptors (Lipinski definition) is 8. The van der Waals surface area contributed by atoms with E-state index in [1.807, 2.05) is 78.9 Å². The van der Waals surface area contributed by atoms with Crippen LogP contribution in [-0.2, 0) is 59.4 Å². The van der Waals surface area contributed by atoms with Crippen LogP contribution >= 0.6 is 0 Å². The van der Waals surface area contributed by atoms with E-state index in [1.165, 1.54) is 16.7 Å². The first kappa shape index (κ1) is 46.7. The van der Waals surface area contributed by atoms with Gasteiger partial charge in [-0.25, -0.2) is 0 Å². The van der Waals surface area contributed by atoms with Gasteiger partial charge in [0.1, 0.15) is 36.3 Å². The smallest absolute Gasteiger partial charge is 0.246 e. The molecule has 348 valence electrons. The number of nitrogens with zero attached hydrogens (tertiary/aromatic N) is 3. The number of carbonyl (C=O) groups excluding carboxylic acids is 7. The Bertz CT molecular complexity index is 2450. The second-order valence-electron chi connectivity index (χ2n) is 17.2. The van der Waals surface area contributed by atoms with Gasteiger partial charge in [-0.1, -0.05) is 72.8 Å². The number of nitrogens with one attached hydrogen (secondary N) is 6. The van der Waals surface area contributed by atoms with Crippen molar-refractivity contribution < 1.29 is 33.6 Å². The Balaban J connectivity index is 1.23. The lowest BCUT2D eigenvalue weighted by atomic mass is 9.92. The van der Waals surface area contributed by atoms with Crippen molar-refractivity contribution in [2.24, 2.45) is 16.5 Å². The molecule has 0 radical (unpaired) electrons. The van der Waals surface area contributed by atoms with E-state index >= 15 is 0 Å². The van der Waals surface area contributed by atoms with Crippen LogP contribution in [0.1, 0.15) is 67.7 Å². The summed E-state index contributed by atoms with van der Waals surface area (Å²) >= 11 is 0. The molecule has 0 unspecified atom stereocenters. The van der Waals surface area contributed by atoms with Crippen LogP contribution in [-0.4, -0.2) is 118 Å². The van der Waals surface area contributed by atoms with Gasteiger partial charge in [-0.3, -0.25) is 38.6 Å². The first-order valence-electron chi connectivity index (χ1n) is 22.6. The van der Waals surface area contributed by atoms with Gasteiger partial charge < -0.3 is 52.8 Å². The van der Waals surface area contributed by atoms with Crippen LogP contribution in [0.4, 0.5) is 0 Å². The molecule has 0 bridgehead atoms. The van der Waals surface area contributed by atoms with Gasteiger partial charge in [0.2, 0.25) is 41.4 Å². The Labute approximate surface area is 383 Å². The van der Waals surface area contributed by atoms with E-state index in [0.29, 0.717) is 19.3 Å². The zero-order valence-corrected chi connectivity index (χ0v) is 37.1. The van der Waals surface area contributed by atoms with Crippen molar-refractivity contribution in [3.8, 4) is 0 Å². The topological polar surface area (TPSA) is 266 Å². The number of H-pyrrole nitrogens is 1. The van der Waals surface area contributed by atoms with Gasteiger partial charge in [0.15, 0.2) is 5.96 Å². The number of para-hydroxylation sites is 1. The molecule has 4 aromatic rings. The van der Waals surface area contributed by atoms with E-state index < -0.39 is 77.6 Å². The highest BCUT2D eigenvalue weighted by molar-refractivity contribution is 5.98. The number of aliphatic imine (C=N–C) groups is 1. The number of rotatable bonds is 11. The van der Waals surface area contributed by atoms with E-state index in [0.717, 1.165) is 33.2 Å². The van der Waals surface area contributed by atoms with Gasteiger partial charge in [0, 0.05) is 69.5 Å². The highest BCUT2D eigenvalue weighted by Gasteiger charge is 2.44. The fraction of sp³-hybridized carbons (Fsp3) is 0.417. The zero-order valence-electron chi connectivity index (χ0n) is 37.1. The Kier molecular flexibility index (Phi) is 15.3. The number of benzene rings is 3. The van der Waals surface area contributed by atoms with Crippen LogP contribution < -0.4 is 38.1 Å². The molecule has 10 N–H and O–H groups in total. The summed E-state index contributed by atoms with van der Waals surface area (Å²) in [5, 5.41) is 15.2. The van der Waals surface area contributed by atoms with E-state index in [4.69, 9.17) is 11.5 Å². The van der Waals surface area contributed by atoms with E-state index in [-0.39, 0.29) is 70.7 Å². The summed E-state index contributed by atoms with van der Waals surface area (Å²) in [4.78, 5) is 110. The van der Waals surface area contributed by atoms with Crippen molar-refractivity contribution in [1.29, 1.82) is 0 Å². The Morgan fingerprint density at radius 2 is 1.53 bits per heavy atom. The normalized spacial score (nSPS) is 22.3. The third-order valence-corrected chi connectivity index (χ3v) is 12.5. The van der Waals surface area contributed by atoms with Gasteiger partial charge in [-0.15, -0.1) is 0 Å². The Morgan fingerprint density at radius 1 is 0.803 bits per heavy atom. The minimum Gasteiger partial charge on any atom is -0.370 e. The summed E-state index contributed by atoms with van der Waals surface area (Å²) in [5.74, 6) is -3.74. The van der Waals surface area contributed by atoms with Gasteiger partial charge >= 0.3 is 0 Å². The average Bonchev–Trinajstić information content (AvgIpc) is 3.97. The monoisotopic (exact) mass is 901 g/mol. The molecule has 1 aromatic heterocycles. The molecular formula is C48H59N11O7. The second kappa shape index (κ2) is 21.6. The van der Waals surface area contributed by atoms with Crippen molar-refractivity contribution in [3.63, 3.8) is 0 Å². The van der Waals surface area contributed by atoms with Crippen molar-refractivity contribution in [3.05, 3.63) is 107 Å². The minimum absolute atomic E-state index is 0.0601. The third-order valence-electron chi connectivity index (χ3n) is 12.5. The Hall–Kier alpha value is -7.24. The number of carbonyl (C=O) groups is 7. The molecule has 66 heavy (non-hydrogen) atoms. The zero-order chi connectivity index (χ0) is 46.7. The quantitative estimate of drug-likeness (QED) is 0.0601. The van der Waals surface area contributed by atoms with E-state index in [9.17, 15) is 33.6 Å². The Morgan fingerprint density at radius 3 is 2.30 bits per heavy atom. The predicted octanol–water partition coefficient (Wildman–Crippen LogP) is 0.820. The molecule has 6 atom stereocenters. The lowest BCUT2D eigenvalue weighted by Crippen LogP contribution is -2.62. The van der Waals surface area contributed by atoms with Crippen molar-refractivity contribution in [1.82, 2.24) is 41.4 Å². The van der Waals surface area contributed by atoms with Crippen LogP contribution in [0.5, 0.6) is 0 Å². The molecule has 0 spiro atoms. The van der Waals surface area contributed by atoms with Gasteiger partial charge in [-0.05, 0) is 66.8 Å². The molecule has 4 heterocycles. The number of aromatic amines is 1. The number of amides is 7. The maximum Gasteiger partial charge on any atom is 0.246 e. The minimum atomic E-state index is -1.17. The molecule has 2 saturated heterocycles. The van der Waals surface area contributed by atoms with Crippen molar-refractivity contribution in [2.75, 3.05) is 19.6 Å².